The van der Waals surface area contributed by atoms with Crippen LogP contribution in [0, 0.1) is 5.82 Å². The molecule has 2 heterocycles. The second kappa shape index (κ2) is 6.06. The SMILES string of the molecule is CCn1c2ccc(F)cc2c2cc(-n3nncc3-c3ccccc3)ccc21. The normalized spacial score (nSPS) is 11.5. The monoisotopic (exact) mass is 356 g/mol. The third-order valence-electron chi connectivity index (χ3n) is 4.99. The lowest BCUT2D eigenvalue weighted by molar-refractivity contribution is 0.629. The molecule has 0 fully saturated rings. The minimum absolute atomic E-state index is 0.228. The van der Waals surface area contributed by atoms with Crippen molar-refractivity contribution in [1.82, 2.24) is 19.6 Å². The number of rotatable bonds is 3. The van der Waals surface area contributed by atoms with Crippen LogP contribution in [0.15, 0.2) is 72.9 Å². The molecule has 0 radical (unpaired) electrons. The Morgan fingerprint density at radius 2 is 1.63 bits per heavy atom. The molecular formula is C22H17FN4. The van der Waals surface area contributed by atoms with Crippen molar-refractivity contribution in [3.8, 4) is 16.9 Å². The van der Waals surface area contributed by atoms with Crippen molar-refractivity contribution in [3.05, 3.63) is 78.7 Å². The largest absolute Gasteiger partial charge is 0.341 e. The molecule has 5 rings (SSSR count). The molecule has 0 aliphatic carbocycles. The van der Waals surface area contributed by atoms with Crippen LogP contribution in [0.4, 0.5) is 4.39 Å². The Balaban J connectivity index is 1.76. The molecular weight excluding hydrogens is 339 g/mol. The van der Waals surface area contributed by atoms with Gasteiger partial charge in [-0.2, -0.15) is 0 Å². The van der Waals surface area contributed by atoms with E-state index in [9.17, 15) is 4.39 Å². The summed E-state index contributed by atoms with van der Waals surface area (Å²) >= 11 is 0. The highest BCUT2D eigenvalue weighted by Gasteiger charge is 2.14. The van der Waals surface area contributed by atoms with Gasteiger partial charge in [-0.15, -0.1) is 5.10 Å². The summed E-state index contributed by atoms with van der Waals surface area (Å²) in [5.41, 5.74) is 4.99. The van der Waals surface area contributed by atoms with Gasteiger partial charge in [0.05, 0.1) is 17.6 Å². The van der Waals surface area contributed by atoms with Crippen LogP contribution in [-0.2, 0) is 6.54 Å². The summed E-state index contributed by atoms with van der Waals surface area (Å²) < 4.78 is 17.9. The lowest BCUT2D eigenvalue weighted by Crippen LogP contribution is -1.99. The number of fused-ring (bicyclic) bond motifs is 3. The van der Waals surface area contributed by atoms with Gasteiger partial charge in [0, 0.05) is 33.9 Å². The van der Waals surface area contributed by atoms with E-state index in [4.69, 9.17) is 0 Å². The van der Waals surface area contributed by atoms with Gasteiger partial charge in [-0.1, -0.05) is 35.5 Å². The number of hydrogen-bond donors (Lipinski definition) is 0. The van der Waals surface area contributed by atoms with Crippen molar-refractivity contribution in [3.63, 3.8) is 0 Å². The third-order valence-corrected chi connectivity index (χ3v) is 4.99. The number of nitrogens with zero attached hydrogens (tertiary/aromatic N) is 4. The van der Waals surface area contributed by atoms with E-state index in [0.29, 0.717) is 0 Å². The van der Waals surface area contributed by atoms with E-state index in [1.807, 2.05) is 47.1 Å². The molecule has 0 bridgehead atoms. The fourth-order valence-electron chi connectivity index (χ4n) is 3.77. The molecule has 3 aromatic carbocycles. The first-order valence-electron chi connectivity index (χ1n) is 8.94. The lowest BCUT2D eigenvalue weighted by atomic mass is 10.1. The van der Waals surface area contributed by atoms with Crippen molar-refractivity contribution in [1.29, 1.82) is 0 Å². The van der Waals surface area contributed by atoms with E-state index in [1.54, 1.807) is 12.3 Å². The summed E-state index contributed by atoms with van der Waals surface area (Å²) in [6, 6.07) is 21.2. The maximum atomic E-state index is 13.9. The van der Waals surface area contributed by atoms with Crippen molar-refractivity contribution in [2.45, 2.75) is 13.5 Å². The Kier molecular flexibility index (Phi) is 3.53. The summed E-state index contributed by atoms with van der Waals surface area (Å²) in [6.45, 7) is 2.92. The molecule has 5 heteroatoms. The zero-order chi connectivity index (χ0) is 18.4. The molecule has 5 aromatic rings. The zero-order valence-electron chi connectivity index (χ0n) is 14.8. The van der Waals surface area contributed by atoms with E-state index >= 15 is 0 Å². The van der Waals surface area contributed by atoms with Gasteiger partial charge in [0.2, 0.25) is 0 Å². The van der Waals surface area contributed by atoms with E-state index in [0.717, 1.165) is 45.3 Å². The van der Waals surface area contributed by atoms with Crippen molar-refractivity contribution in [2.24, 2.45) is 0 Å². The maximum absolute atomic E-state index is 13.9. The van der Waals surface area contributed by atoms with Crippen molar-refractivity contribution >= 4 is 21.8 Å². The third kappa shape index (κ3) is 2.43. The number of aryl methyl sites for hydroxylation is 1. The van der Waals surface area contributed by atoms with Crippen LogP contribution in [0.3, 0.4) is 0 Å². The smallest absolute Gasteiger partial charge is 0.123 e. The summed E-state index contributed by atoms with van der Waals surface area (Å²) in [6.07, 6.45) is 1.76. The second-order valence-corrected chi connectivity index (χ2v) is 6.50. The Morgan fingerprint density at radius 1 is 0.889 bits per heavy atom. The molecule has 27 heavy (non-hydrogen) atoms. The predicted molar refractivity (Wildman–Crippen MR) is 105 cm³/mol. The van der Waals surface area contributed by atoms with Crippen LogP contribution in [0.25, 0.3) is 38.8 Å². The molecule has 0 aliphatic heterocycles. The van der Waals surface area contributed by atoms with E-state index in [2.05, 4.69) is 33.9 Å². The minimum atomic E-state index is -0.228. The van der Waals surface area contributed by atoms with Gasteiger partial charge < -0.3 is 4.57 Å². The second-order valence-electron chi connectivity index (χ2n) is 6.50. The molecule has 0 saturated carbocycles. The van der Waals surface area contributed by atoms with Crippen molar-refractivity contribution in [2.75, 3.05) is 0 Å². The average molecular weight is 356 g/mol. The standard InChI is InChI=1S/C22H17FN4/c1-2-26-20-10-8-16(23)12-18(20)19-13-17(9-11-21(19)26)27-22(14-24-25-27)15-6-4-3-5-7-15/h3-14H,2H2,1H3. The molecule has 0 atom stereocenters. The van der Waals surface area contributed by atoms with Gasteiger partial charge in [0.1, 0.15) is 5.82 Å². The minimum Gasteiger partial charge on any atom is -0.341 e. The Bertz CT molecular complexity index is 1270. The van der Waals surface area contributed by atoms with E-state index < -0.39 is 0 Å². The van der Waals surface area contributed by atoms with Gasteiger partial charge in [-0.25, -0.2) is 9.07 Å². The summed E-state index contributed by atoms with van der Waals surface area (Å²) in [5, 5.41) is 10.3. The first-order chi connectivity index (χ1) is 13.3. The summed E-state index contributed by atoms with van der Waals surface area (Å²) in [7, 11) is 0. The zero-order valence-corrected chi connectivity index (χ0v) is 14.8. The van der Waals surface area contributed by atoms with E-state index in [-0.39, 0.29) is 5.82 Å². The van der Waals surface area contributed by atoms with Gasteiger partial charge >= 0.3 is 0 Å². The molecule has 2 aromatic heterocycles. The van der Waals surface area contributed by atoms with Crippen LogP contribution in [0.5, 0.6) is 0 Å². The first kappa shape index (κ1) is 15.8. The van der Waals surface area contributed by atoms with Gasteiger partial charge in [-0.3, -0.25) is 0 Å². The van der Waals surface area contributed by atoms with Gasteiger partial charge in [0.15, 0.2) is 0 Å². The number of benzene rings is 3. The lowest BCUT2D eigenvalue weighted by Gasteiger charge is -2.07. The average Bonchev–Trinajstić information content (AvgIpc) is 3.31. The number of hydrogen-bond acceptors (Lipinski definition) is 2. The highest BCUT2D eigenvalue weighted by molar-refractivity contribution is 6.08. The molecule has 0 saturated heterocycles. The first-order valence-corrected chi connectivity index (χ1v) is 8.94. The molecule has 0 unspecified atom stereocenters. The van der Waals surface area contributed by atoms with Crippen LogP contribution in [0.2, 0.25) is 0 Å². The fourth-order valence-corrected chi connectivity index (χ4v) is 3.77. The van der Waals surface area contributed by atoms with Crippen LogP contribution in [-0.4, -0.2) is 19.6 Å². The van der Waals surface area contributed by atoms with Gasteiger partial charge in [-0.05, 0) is 43.3 Å². The van der Waals surface area contributed by atoms with E-state index in [1.165, 1.54) is 6.07 Å². The number of halogens is 1. The Hall–Kier alpha value is -3.47. The summed E-state index contributed by atoms with van der Waals surface area (Å²) in [4.78, 5) is 0. The molecule has 0 N–H and O–H groups in total. The number of aromatic nitrogens is 4. The Morgan fingerprint density at radius 3 is 2.41 bits per heavy atom. The van der Waals surface area contributed by atoms with Crippen LogP contribution in [0.1, 0.15) is 6.92 Å². The highest BCUT2D eigenvalue weighted by Crippen LogP contribution is 2.32. The van der Waals surface area contributed by atoms with Crippen molar-refractivity contribution < 1.29 is 4.39 Å². The quantitative estimate of drug-likeness (QED) is 0.445. The fraction of sp³-hybridized carbons (Fsp3) is 0.0909. The summed E-state index contributed by atoms with van der Waals surface area (Å²) in [5.74, 6) is -0.228. The topological polar surface area (TPSA) is 35.6 Å². The predicted octanol–water partition coefficient (Wildman–Crippen LogP) is 5.20. The molecule has 0 amide bonds. The van der Waals surface area contributed by atoms with Crippen LogP contribution >= 0.6 is 0 Å². The van der Waals surface area contributed by atoms with Crippen LogP contribution < -0.4 is 0 Å². The Labute approximate surface area is 155 Å². The molecule has 132 valence electrons. The highest BCUT2D eigenvalue weighted by atomic mass is 19.1. The molecule has 0 aliphatic rings. The molecule has 0 spiro atoms. The van der Waals surface area contributed by atoms with Gasteiger partial charge in [0.25, 0.3) is 0 Å². The maximum Gasteiger partial charge on any atom is 0.123 e. The molecule has 4 nitrogen and oxygen atoms in total.